The van der Waals surface area contributed by atoms with Crippen molar-refractivity contribution < 1.29 is 38.7 Å². The Kier molecular flexibility index (Phi) is 17.5. The summed E-state index contributed by atoms with van der Waals surface area (Å²) < 4.78 is 0. The number of carbonyl (C=O) groups is 7. The molecule has 1 heterocycles. The zero-order valence-corrected chi connectivity index (χ0v) is 29.8. The van der Waals surface area contributed by atoms with Crippen molar-refractivity contribution in [3.05, 3.63) is 0 Å². The fourth-order valence-corrected chi connectivity index (χ4v) is 5.62. The van der Waals surface area contributed by atoms with Crippen molar-refractivity contribution in [2.24, 2.45) is 35.1 Å². The molecule has 0 radical (unpaired) electrons. The molecule has 6 amide bonds. The van der Waals surface area contributed by atoms with Crippen LogP contribution in [0.15, 0.2) is 0 Å². The quantitative estimate of drug-likeness (QED) is 0.0938. The van der Waals surface area contributed by atoms with Crippen molar-refractivity contribution in [1.29, 1.82) is 0 Å². The lowest BCUT2D eigenvalue weighted by Gasteiger charge is -2.31. The van der Waals surface area contributed by atoms with Crippen molar-refractivity contribution in [2.75, 3.05) is 6.54 Å². The summed E-state index contributed by atoms with van der Waals surface area (Å²) in [6.07, 6.45) is 1.55. The Morgan fingerprint density at radius 3 is 1.81 bits per heavy atom. The zero-order valence-electron chi connectivity index (χ0n) is 29.8. The Morgan fingerprint density at radius 2 is 1.31 bits per heavy atom. The second-order valence-electron chi connectivity index (χ2n) is 14.1. The highest BCUT2D eigenvalue weighted by Gasteiger charge is 2.39. The third-order valence-corrected chi connectivity index (χ3v) is 8.56. The molecule has 9 N–H and O–H groups in total. The van der Waals surface area contributed by atoms with Crippen molar-refractivity contribution in [2.45, 2.75) is 137 Å². The first-order valence-corrected chi connectivity index (χ1v) is 17.1. The van der Waals surface area contributed by atoms with Gasteiger partial charge in [0, 0.05) is 13.0 Å². The average molecular weight is 682 g/mol. The first-order chi connectivity index (χ1) is 22.3. The van der Waals surface area contributed by atoms with Crippen LogP contribution in [0.25, 0.3) is 0 Å². The lowest BCUT2D eigenvalue weighted by molar-refractivity contribution is -0.149. The lowest BCUT2D eigenvalue weighted by atomic mass is 9.95. The minimum absolute atomic E-state index is 0.0526. The summed E-state index contributed by atoms with van der Waals surface area (Å²) in [7, 11) is 0. The van der Waals surface area contributed by atoms with Gasteiger partial charge in [0.25, 0.3) is 0 Å². The molecule has 15 nitrogen and oxygen atoms in total. The van der Waals surface area contributed by atoms with Crippen LogP contribution in [-0.2, 0) is 33.6 Å². The number of primary amides is 1. The van der Waals surface area contributed by atoms with E-state index in [9.17, 15) is 38.7 Å². The second kappa shape index (κ2) is 19.9. The predicted molar refractivity (Wildman–Crippen MR) is 180 cm³/mol. The monoisotopic (exact) mass is 681 g/mol. The number of amides is 6. The van der Waals surface area contributed by atoms with E-state index >= 15 is 0 Å². The van der Waals surface area contributed by atoms with Gasteiger partial charge in [0.1, 0.15) is 30.2 Å². The predicted octanol–water partition coefficient (Wildman–Crippen LogP) is 0.388. The van der Waals surface area contributed by atoms with Gasteiger partial charge in [0.2, 0.25) is 35.4 Å². The Bertz CT molecular complexity index is 1150. The number of nitrogens with one attached hydrogen (secondary N) is 4. The fourth-order valence-electron chi connectivity index (χ4n) is 5.62. The molecule has 0 aromatic carbocycles. The molecule has 0 aromatic heterocycles. The van der Waals surface area contributed by atoms with E-state index in [-0.39, 0.29) is 43.6 Å². The van der Waals surface area contributed by atoms with E-state index in [4.69, 9.17) is 11.5 Å². The van der Waals surface area contributed by atoms with Gasteiger partial charge in [-0.2, -0.15) is 0 Å². The molecule has 0 spiro atoms. The first-order valence-electron chi connectivity index (χ1n) is 17.1. The van der Waals surface area contributed by atoms with E-state index in [2.05, 4.69) is 21.3 Å². The number of hydrogen-bond donors (Lipinski definition) is 7. The van der Waals surface area contributed by atoms with Crippen LogP contribution in [0.5, 0.6) is 0 Å². The van der Waals surface area contributed by atoms with Crippen molar-refractivity contribution in [1.82, 2.24) is 26.2 Å². The number of aliphatic carboxylic acids is 1. The van der Waals surface area contributed by atoms with Crippen LogP contribution < -0.4 is 32.7 Å². The number of carbonyl (C=O) groups excluding carboxylic acids is 6. The van der Waals surface area contributed by atoms with Crippen LogP contribution in [-0.4, -0.2) is 94.2 Å². The number of carboxylic acid groups (broad SMARTS) is 1. The highest BCUT2D eigenvalue weighted by Crippen LogP contribution is 2.21. The highest BCUT2D eigenvalue weighted by atomic mass is 16.4. The molecule has 1 saturated heterocycles. The van der Waals surface area contributed by atoms with Gasteiger partial charge >= 0.3 is 5.97 Å². The third-order valence-electron chi connectivity index (χ3n) is 8.56. The minimum atomic E-state index is -1.31. The summed E-state index contributed by atoms with van der Waals surface area (Å²) >= 11 is 0. The lowest BCUT2D eigenvalue weighted by Crippen LogP contribution is -2.61. The van der Waals surface area contributed by atoms with E-state index < -0.39 is 83.6 Å². The van der Waals surface area contributed by atoms with Gasteiger partial charge in [-0.15, -0.1) is 0 Å². The minimum Gasteiger partial charge on any atom is -0.480 e. The van der Waals surface area contributed by atoms with E-state index in [1.165, 1.54) is 4.90 Å². The smallest absolute Gasteiger partial charge is 0.326 e. The number of hydrogen-bond acceptors (Lipinski definition) is 8. The van der Waals surface area contributed by atoms with Crippen LogP contribution in [0.4, 0.5) is 0 Å². The van der Waals surface area contributed by atoms with Crippen LogP contribution >= 0.6 is 0 Å². The summed E-state index contributed by atoms with van der Waals surface area (Å²) in [5, 5.41) is 20.3. The summed E-state index contributed by atoms with van der Waals surface area (Å²) in [6.45, 7) is 14.8. The standard InChI is InChI=1S/C33H59N7O8/c1-9-20(8)27(39-28(42)21(34)15-17(2)3)31(45)38-26(19(6)7)30(44)36-22(12-13-25(35)41)29(43)37-23(16-18(4)5)32(46)40-14-10-11-24(40)33(47)48/h17-24,26-27H,9-16,34H2,1-8H3,(H2,35,41)(H,36,44)(H,37,43)(H,38,45)(H,39,42)(H,47,48)/t20-,21-,22-,23-,24-,26-,27-/m0/s1. The van der Waals surface area contributed by atoms with Gasteiger partial charge in [0.15, 0.2) is 0 Å². The fraction of sp³-hybridized carbons (Fsp3) is 0.788. The van der Waals surface area contributed by atoms with E-state index in [1.807, 2.05) is 34.6 Å². The topological polar surface area (TPSA) is 243 Å². The maximum absolute atomic E-state index is 13.6. The van der Waals surface area contributed by atoms with Crippen molar-refractivity contribution >= 4 is 41.4 Å². The van der Waals surface area contributed by atoms with Gasteiger partial charge in [-0.1, -0.05) is 61.8 Å². The molecule has 0 aliphatic carbocycles. The Hall–Kier alpha value is -3.75. The Balaban J connectivity index is 3.23. The number of nitrogens with zero attached hydrogens (tertiary/aromatic N) is 1. The van der Waals surface area contributed by atoms with Gasteiger partial charge < -0.3 is 42.7 Å². The molecule has 1 fully saturated rings. The molecule has 15 heteroatoms. The van der Waals surface area contributed by atoms with Crippen molar-refractivity contribution in [3.63, 3.8) is 0 Å². The molecule has 1 rings (SSSR count). The molecular weight excluding hydrogens is 622 g/mol. The highest BCUT2D eigenvalue weighted by molar-refractivity contribution is 5.96. The third kappa shape index (κ3) is 13.4. The normalized spacial score (nSPS) is 18.4. The number of likely N-dealkylation sites (tertiary alicyclic amines) is 1. The van der Waals surface area contributed by atoms with Gasteiger partial charge in [-0.3, -0.25) is 28.8 Å². The van der Waals surface area contributed by atoms with Crippen LogP contribution in [0.1, 0.15) is 100 Å². The molecule has 1 aliphatic rings. The van der Waals surface area contributed by atoms with Crippen LogP contribution in [0.2, 0.25) is 0 Å². The van der Waals surface area contributed by atoms with Gasteiger partial charge in [-0.25, -0.2) is 4.79 Å². The maximum atomic E-state index is 13.6. The van der Waals surface area contributed by atoms with E-state index in [0.29, 0.717) is 25.7 Å². The Morgan fingerprint density at radius 1 is 0.771 bits per heavy atom. The van der Waals surface area contributed by atoms with E-state index in [0.717, 1.165) is 0 Å². The first kappa shape index (κ1) is 42.3. The molecule has 0 aromatic rings. The average Bonchev–Trinajstić information content (AvgIpc) is 3.48. The number of rotatable bonds is 20. The zero-order chi connectivity index (χ0) is 36.9. The maximum Gasteiger partial charge on any atom is 0.326 e. The summed E-state index contributed by atoms with van der Waals surface area (Å²) in [5.74, 6) is -5.57. The summed E-state index contributed by atoms with van der Waals surface area (Å²) in [4.78, 5) is 91.8. The van der Waals surface area contributed by atoms with Crippen LogP contribution in [0.3, 0.4) is 0 Å². The summed E-state index contributed by atoms with van der Waals surface area (Å²) in [6, 6.07) is -6.31. The molecule has 0 bridgehead atoms. The summed E-state index contributed by atoms with van der Waals surface area (Å²) in [5.41, 5.74) is 11.4. The number of nitrogens with two attached hydrogens (primary N) is 2. The molecule has 1 aliphatic heterocycles. The molecule has 0 unspecified atom stereocenters. The molecular formula is C33H59N7O8. The SMILES string of the molecule is CC[C@H](C)[C@H](NC(=O)[C@@H](N)CC(C)C)C(=O)N[C@H](C(=O)N[C@@H](CCC(N)=O)C(=O)N[C@@H](CC(C)C)C(=O)N1CCC[C@H]1C(=O)O)C(C)C. The van der Waals surface area contributed by atoms with Gasteiger partial charge in [0.05, 0.1) is 6.04 Å². The number of carboxylic acids is 1. The Labute approximate surface area is 284 Å². The molecule has 48 heavy (non-hydrogen) atoms. The van der Waals surface area contributed by atoms with E-state index in [1.54, 1.807) is 20.8 Å². The van der Waals surface area contributed by atoms with Crippen molar-refractivity contribution in [3.8, 4) is 0 Å². The molecule has 0 saturated carbocycles. The van der Waals surface area contributed by atoms with Gasteiger partial charge in [-0.05, 0) is 55.8 Å². The van der Waals surface area contributed by atoms with Crippen LogP contribution in [0, 0.1) is 23.7 Å². The largest absolute Gasteiger partial charge is 0.480 e. The second-order valence-corrected chi connectivity index (χ2v) is 14.1. The molecule has 274 valence electrons. The molecule has 7 atom stereocenters.